The van der Waals surface area contributed by atoms with E-state index in [1.165, 1.54) is 0 Å². The molecule has 1 aliphatic heterocycles. The molecule has 6 heteroatoms. The number of morpholine rings is 1. The van der Waals surface area contributed by atoms with E-state index < -0.39 is 0 Å². The Morgan fingerprint density at radius 2 is 1.96 bits per heavy atom. The second kappa shape index (κ2) is 8.04. The van der Waals surface area contributed by atoms with Crippen LogP contribution >= 0.6 is 0 Å². The zero-order chi connectivity index (χ0) is 19.5. The van der Waals surface area contributed by atoms with E-state index in [-0.39, 0.29) is 5.91 Å². The SMILES string of the molecule is COCc1c(C(=O)Nc2ccc(N3CCOCC3)cc2C)oc2ccccc12. The van der Waals surface area contributed by atoms with Crippen molar-refractivity contribution in [2.75, 3.05) is 43.6 Å². The van der Waals surface area contributed by atoms with E-state index >= 15 is 0 Å². The Kier molecular flexibility index (Phi) is 5.32. The standard InChI is InChI=1S/C22H24N2O4/c1-15-13-16(24-9-11-27-12-10-24)7-8-19(15)23-22(25)21-18(14-26-2)17-5-3-4-6-20(17)28-21/h3-8,13H,9-12,14H2,1-2H3,(H,23,25). The number of nitrogens with one attached hydrogen (secondary N) is 1. The van der Waals surface area contributed by atoms with E-state index in [4.69, 9.17) is 13.9 Å². The highest BCUT2D eigenvalue weighted by Crippen LogP contribution is 2.29. The molecule has 4 rings (SSSR count). The molecule has 146 valence electrons. The minimum absolute atomic E-state index is 0.273. The van der Waals surface area contributed by atoms with E-state index in [1.807, 2.05) is 43.3 Å². The van der Waals surface area contributed by atoms with Crippen LogP contribution in [-0.2, 0) is 16.1 Å². The highest BCUT2D eigenvalue weighted by atomic mass is 16.5. The molecule has 0 unspecified atom stereocenters. The Bertz CT molecular complexity index is 989. The lowest BCUT2D eigenvalue weighted by Crippen LogP contribution is -2.36. The molecular formula is C22H24N2O4. The zero-order valence-corrected chi connectivity index (χ0v) is 16.2. The fourth-order valence-corrected chi connectivity index (χ4v) is 3.56. The monoisotopic (exact) mass is 380 g/mol. The highest BCUT2D eigenvalue weighted by molar-refractivity contribution is 6.06. The third-order valence-corrected chi connectivity index (χ3v) is 5.03. The number of hydrogen-bond acceptors (Lipinski definition) is 5. The Morgan fingerprint density at radius 1 is 1.18 bits per heavy atom. The van der Waals surface area contributed by atoms with Crippen LogP contribution in [-0.4, -0.2) is 39.3 Å². The van der Waals surface area contributed by atoms with Gasteiger partial charge in [0.1, 0.15) is 5.58 Å². The summed E-state index contributed by atoms with van der Waals surface area (Å²) in [5.41, 5.74) is 4.35. The van der Waals surface area contributed by atoms with Gasteiger partial charge in [0.2, 0.25) is 0 Å². The van der Waals surface area contributed by atoms with E-state index in [1.54, 1.807) is 7.11 Å². The number of hydrogen-bond donors (Lipinski definition) is 1. The summed E-state index contributed by atoms with van der Waals surface area (Å²) in [6.07, 6.45) is 0. The summed E-state index contributed by atoms with van der Waals surface area (Å²) >= 11 is 0. The first-order valence-corrected chi connectivity index (χ1v) is 9.41. The van der Waals surface area contributed by atoms with E-state index in [0.717, 1.165) is 54.2 Å². The molecule has 0 atom stereocenters. The molecule has 0 aliphatic carbocycles. The van der Waals surface area contributed by atoms with Crippen molar-refractivity contribution in [1.29, 1.82) is 0 Å². The maximum atomic E-state index is 12.9. The van der Waals surface area contributed by atoms with Gasteiger partial charge < -0.3 is 24.1 Å². The number of aryl methyl sites for hydroxylation is 1. The maximum absolute atomic E-state index is 12.9. The molecule has 0 radical (unpaired) electrons. The van der Waals surface area contributed by atoms with Crippen LogP contribution in [0.5, 0.6) is 0 Å². The fraction of sp³-hybridized carbons (Fsp3) is 0.318. The van der Waals surface area contributed by atoms with Gasteiger partial charge in [-0.3, -0.25) is 4.79 Å². The van der Waals surface area contributed by atoms with Crippen molar-refractivity contribution in [1.82, 2.24) is 0 Å². The van der Waals surface area contributed by atoms with Crippen molar-refractivity contribution < 1.29 is 18.7 Å². The molecule has 1 aromatic heterocycles. The lowest BCUT2D eigenvalue weighted by molar-refractivity contribution is 0.0992. The second-order valence-electron chi connectivity index (χ2n) is 6.89. The van der Waals surface area contributed by atoms with Crippen molar-refractivity contribution in [3.63, 3.8) is 0 Å². The van der Waals surface area contributed by atoms with E-state index in [0.29, 0.717) is 18.0 Å². The number of amides is 1. The summed E-state index contributed by atoms with van der Waals surface area (Å²) in [6, 6.07) is 13.7. The van der Waals surface area contributed by atoms with Gasteiger partial charge in [-0.2, -0.15) is 0 Å². The lowest BCUT2D eigenvalue weighted by atomic mass is 10.1. The number of furan rings is 1. The molecule has 1 saturated heterocycles. The number of anilines is 2. The summed E-state index contributed by atoms with van der Waals surface area (Å²) in [5, 5.41) is 3.88. The first kappa shape index (κ1) is 18.5. The number of ether oxygens (including phenoxy) is 2. The smallest absolute Gasteiger partial charge is 0.291 e. The largest absolute Gasteiger partial charge is 0.451 e. The quantitative estimate of drug-likeness (QED) is 0.725. The van der Waals surface area contributed by atoms with Gasteiger partial charge >= 0.3 is 0 Å². The number of carbonyl (C=O) groups is 1. The average Bonchev–Trinajstić information content (AvgIpc) is 3.09. The van der Waals surface area contributed by atoms with Crippen molar-refractivity contribution in [2.45, 2.75) is 13.5 Å². The van der Waals surface area contributed by atoms with Crippen LogP contribution in [0.1, 0.15) is 21.7 Å². The second-order valence-corrected chi connectivity index (χ2v) is 6.89. The van der Waals surface area contributed by atoms with Gasteiger partial charge in [-0.25, -0.2) is 0 Å². The summed E-state index contributed by atoms with van der Waals surface area (Å²) < 4.78 is 16.5. The van der Waals surface area contributed by atoms with Crippen LogP contribution in [0.2, 0.25) is 0 Å². The van der Waals surface area contributed by atoms with E-state index in [2.05, 4.69) is 16.3 Å². The number of rotatable bonds is 5. The predicted molar refractivity (Wildman–Crippen MR) is 109 cm³/mol. The maximum Gasteiger partial charge on any atom is 0.291 e. The van der Waals surface area contributed by atoms with Crippen LogP contribution in [0.4, 0.5) is 11.4 Å². The molecule has 1 N–H and O–H groups in total. The lowest BCUT2D eigenvalue weighted by Gasteiger charge is -2.29. The molecule has 2 heterocycles. The molecule has 3 aromatic rings. The summed E-state index contributed by atoms with van der Waals surface area (Å²) in [5.74, 6) is 0.0187. The molecular weight excluding hydrogens is 356 g/mol. The van der Waals surface area contributed by atoms with Gasteiger partial charge in [-0.15, -0.1) is 0 Å². The first-order valence-electron chi connectivity index (χ1n) is 9.41. The Morgan fingerprint density at radius 3 is 2.71 bits per heavy atom. The molecule has 28 heavy (non-hydrogen) atoms. The highest BCUT2D eigenvalue weighted by Gasteiger charge is 2.21. The van der Waals surface area contributed by atoms with Crippen LogP contribution < -0.4 is 10.2 Å². The molecule has 0 saturated carbocycles. The number of methoxy groups -OCH3 is 1. The van der Waals surface area contributed by atoms with Crippen molar-refractivity contribution in [3.05, 3.63) is 59.4 Å². The van der Waals surface area contributed by atoms with Crippen molar-refractivity contribution in [2.24, 2.45) is 0 Å². The van der Waals surface area contributed by atoms with Crippen LogP contribution in [0.3, 0.4) is 0 Å². The Balaban J connectivity index is 1.58. The molecule has 1 amide bonds. The van der Waals surface area contributed by atoms with Crippen molar-refractivity contribution in [3.8, 4) is 0 Å². The van der Waals surface area contributed by atoms with Crippen LogP contribution in [0.15, 0.2) is 46.9 Å². The van der Waals surface area contributed by atoms with Crippen LogP contribution in [0.25, 0.3) is 11.0 Å². The number of carbonyl (C=O) groups excluding carboxylic acids is 1. The van der Waals surface area contributed by atoms with Gasteiger partial charge in [0.15, 0.2) is 5.76 Å². The van der Waals surface area contributed by atoms with Gasteiger partial charge in [-0.05, 0) is 36.8 Å². The molecule has 0 spiro atoms. The fourth-order valence-electron chi connectivity index (χ4n) is 3.56. The van der Waals surface area contributed by atoms with Crippen molar-refractivity contribution >= 4 is 28.3 Å². The van der Waals surface area contributed by atoms with Gasteiger partial charge in [0, 0.05) is 42.5 Å². The first-order chi connectivity index (χ1) is 13.7. The van der Waals surface area contributed by atoms with E-state index in [9.17, 15) is 4.79 Å². The summed E-state index contributed by atoms with van der Waals surface area (Å²) in [7, 11) is 1.61. The number of benzene rings is 2. The predicted octanol–water partition coefficient (Wildman–Crippen LogP) is 3.98. The molecule has 1 fully saturated rings. The minimum Gasteiger partial charge on any atom is -0.451 e. The zero-order valence-electron chi connectivity index (χ0n) is 16.2. The van der Waals surface area contributed by atoms with Gasteiger partial charge in [0.05, 0.1) is 19.8 Å². The van der Waals surface area contributed by atoms with Crippen LogP contribution in [0, 0.1) is 6.92 Å². The van der Waals surface area contributed by atoms with Gasteiger partial charge in [-0.1, -0.05) is 18.2 Å². The number of para-hydroxylation sites is 1. The Labute approximate surface area is 164 Å². The number of fused-ring (bicyclic) bond motifs is 1. The summed E-state index contributed by atoms with van der Waals surface area (Å²) in [4.78, 5) is 15.2. The normalized spacial score (nSPS) is 14.4. The summed E-state index contributed by atoms with van der Waals surface area (Å²) in [6.45, 7) is 5.55. The Hall–Kier alpha value is -2.83. The molecule has 0 bridgehead atoms. The average molecular weight is 380 g/mol. The minimum atomic E-state index is -0.273. The molecule has 1 aliphatic rings. The third-order valence-electron chi connectivity index (χ3n) is 5.03. The molecule has 2 aromatic carbocycles. The third kappa shape index (κ3) is 3.61. The number of nitrogens with zero attached hydrogens (tertiary/aromatic N) is 1. The van der Waals surface area contributed by atoms with Gasteiger partial charge in [0.25, 0.3) is 5.91 Å². The molecule has 6 nitrogen and oxygen atoms in total. The topological polar surface area (TPSA) is 63.9 Å².